The number of ether oxygens (including phenoxy) is 2. The minimum atomic E-state index is -0.447. The van der Waals surface area contributed by atoms with E-state index in [0.717, 1.165) is 16.9 Å². The van der Waals surface area contributed by atoms with Crippen molar-refractivity contribution in [2.75, 3.05) is 13.0 Å². The van der Waals surface area contributed by atoms with Crippen molar-refractivity contribution in [3.63, 3.8) is 0 Å². The molecule has 2 N–H and O–H groups in total. The lowest BCUT2D eigenvalue weighted by Crippen LogP contribution is -2.16. The van der Waals surface area contributed by atoms with Gasteiger partial charge in [-0.05, 0) is 36.1 Å². The second-order valence-electron chi connectivity index (χ2n) is 6.79. The van der Waals surface area contributed by atoms with E-state index in [2.05, 4.69) is 36.2 Å². The van der Waals surface area contributed by atoms with Crippen molar-refractivity contribution < 1.29 is 18.7 Å². The van der Waals surface area contributed by atoms with Gasteiger partial charge in [0.1, 0.15) is 23.7 Å². The van der Waals surface area contributed by atoms with Crippen molar-refractivity contribution in [1.29, 1.82) is 0 Å². The fourth-order valence-electron chi connectivity index (χ4n) is 2.76. The van der Waals surface area contributed by atoms with Gasteiger partial charge >= 0.3 is 5.97 Å². The Hall–Kier alpha value is -2.94. The molecule has 2 heterocycles. The Morgan fingerprint density at radius 2 is 2.10 bits per heavy atom. The molecule has 0 unspecified atom stereocenters. The number of furan rings is 1. The average molecular weight is 417 g/mol. The molecule has 3 aromatic rings. The molecule has 0 spiro atoms. The van der Waals surface area contributed by atoms with Crippen LogP contribution in [-0.2, 0) is 17.1 Å². The van der Waals surface area contributed by atoms with E-state index in [9.17, 15) is 4.79 Å². The third-order valence-corrected chi connectivity index (χ3v) is 5.31. The molecule has 0 aliphatic rings. The van der Waals surface area contributed by atoms with Crippen molar-refractivity contribution in [1.82, 2.24) is 14.9 Å². The first-order valence-corrected chi connectivity index (χ1v) is 10.1. The van der Waals surface area contributed by atoms with E-state index in [4.69, 9.17) is 19.7 Å². The molecular formula is C20H24N4O4S. The van der Waals surface area contributed by atoms with Gasteiger partial charge in [0.2, 0.25) is 5.16 Å². The molecule has 8 nitrogen and oxygen atoms in total. The van der Waals surface area contributed by atoms with E-state index in [1.807, 2.05) is 13.0 Å². The molecule has 0 fully saturated rings. The zero-order valence-electron chi connectivity index (χ0n) is 16.8. The molecule has 3 rings (SSSR count). The van der Waals surface area contributed by atoms with E-state index in [1.165, 1.54) is 29.8 Å². The first-order valence-electron chi connectivity index (χ1n) is 9.11. The maximum atomic E-state index is 11.7. The third kappa shape index (κ3) is 4.73. The zero-order valence-corrected chi connectivity index (χ0v) is 17.7. The summed E-state index contributed by atoms with van der Waals surface area (Å²) in [6.45, 7) is 6.46. The maximum absolute atomic E-state index is 11.7. The predicted molar refractivity (Wildman–Crippen MR) is 109 cm³/mol. The van der Waals surface area contributed by atoms with Crippen LogP contribution in [0.2, 0.25) is 0 Å². The van der Waals surface area contributed by atoms with Gasteiger partial charge in [-0.1, -0.05) is 37.7 Å². The summed E-state index contributed by atoms with van der Waals surface area (Å²) in [5.41, 5.74) is 2.63. The van der Waals surface area contributed by atoms with Gasteiger partial charge in [0, 0.05) is 0 Å². The summed E-state index contributed by atoms with van der Waals surface area (Å²) in [7, 11) is 1.33. The summed E-state index contributed by atoms with van der Waals surface area (Å²) in [6, 6.07) is 7.72. The number of hydrogen-bond acceptors (Lipinski definition) is 8. The van der Waals surface area contributed by atoms with Gasteiger partial charge in [0.25, 0.3) is 0 Å². The molecule has 0 bridgehead atoms. The molecular weight excluding hydrogens is 392 g/mol. The van der Waals surface area contributed by atoms with Gasteiger partial charge in [0.05, 0.1) is 19.1 Å². The highest BCUT2D eigenvalue weighted by molar-refractivity contribution is 7.98. The number of rotatable bonds is 8. The highest BCUT2D eigenvalue weighted by Crippen LogP contribution is 2.28. The minimum Gasteiger partial charge on any atom is -0.485 e. The molecule has 154 valence electrons. The van der Waals surface area contributed by atoms with Crippen LogP contribution in [0.25, 0.3) is 0 Å². The van der Waals surface area contributed by atoms with Gasteiger partial charge in [-0.25, -0.2) is 9.47 Å². The van der Waals surface area contributed by atoms with Gasteiger partial charge in [-0.2, -0.15) is 0 Å². The van der Waals surface area contributed by atoms with Crippen molar-refractivity contribution in [2.24, 2.45) is 0 Å². The Balaban J connectivity index is 1.67. The number of hydrogen-bond donors (Lipinski definition) is 1. The van der Waals surface area contributed by atoms with Gasteiger partial charge in [-0.3, -0.25) is 0 Å². The van der Waals surface area contributed by atoms with Crippen molar-refractivity contribution in [2.45, 2.75) is 44.2 Å². The number of aryl methyl sites for hydroxylation is 1. The molecule has 0 saturated carbocycles. The Bertz CT molecular complexity index is 996. The minimum absolute atomic E-state index is 0.196. The topological polar surface area (TPSA) is 105 Å². The number of nitrogen functional groups attached to an aromatic ring is 1. The largest absolute Gasteiger partial charge is 0.485 e. The second-order valence-corrected chi connectivity index (χ2v) is 7.73. The van der Waals surface area contributed by atoms with Crippen molar-refractivity contribution in [3.8, 4) is 5.75 Å². The summed E-state index contributed by atoms with van der Waals surface area (Å²) < 4.78 is 17.5. The lowest BCUT2D eigenvalue weighted by Gasteiger charge is -2.14. The summed E-state index contributed by atoms with van der Waals surface area (Å²) >= 11 is 1.31. The lowest BCUT2D eigenvalue weighted by atomic mass is 10.0. The summed E-state index contributed by atoms with van der Waals surface area (Å²) in [6.07, 6.45) is 1.45. The fourth-order valence-corrected chi connectivity index (χ4v) is 3.59. The van der Waals surface area contributed by atoms with Crippen LogP contribution in [0.5, 0.6) is 5.75 Å². The predicted octanol–water partition coefficient (Wildman–Crippen LogP) is 3.67. The molecule has 29 heavy (non-hydrogen) atoms. The fraction of sp³-hybridized carbons (Fsp3) is 0.350. The molecule has 0 amide bonds. The normalized spacial score (nSPS) is 11.1. The number of carbonyl (C=O) groups is 1. The molecule has 1 aromatic carbocycles. The second kappa shape index (κ2) is 9.04. The van der Waals surface area contributed by atoms with Crippen LogP contribution in [-0.4, -0.2) is 28.0 Å². The Morgan fingerprint density at radius 1 is 1.31 bits per heavy atom. The first kappa shape index (κ1) is 20.8. The highest BCUT2D eigenvalue weighted by atomic mass is 32.2. The van der Waals surface area contributed by atoms with Gasteiger partial charge in [0.15, 0.2) is 5.82 Å². The summed E-state index contributed by atoms with van der Waals surface area (Å²) in [4.78, 5) is 11.7. The van der Waals surface area contributed by atoms with E-state index >= 15 is 0 Å². The SMILES string of the molecule is COC(=O)c1ccoc1CSc1nnc(COc2cc(C)ccc2C(C)C)n1N. The molecule has 9 heteroatoms. The van der Waals surface area contributed by atoms with Gasteiger partial charge < -0.3 is 19.7 Å². The van der Waals surface area contributed by atoms with E-state index < -0.39 is 5.97 Å². The van der Waals surface area contributed by atoms with Crippen molar-refractivity contribution >= 4 is 17.7 Å². The Kier molecular flexibility index (Phi) is 6.48. The van der Waals surface area contributed by atoms with Crippen LogP contribution in [0.1, 0.15) is 52.8 Å². The maximum Gasteiger partial charge on any atom is 0.341 e. The van der Waals surface area contributed by atoms with Crippen LogP contribution < -0.4 is 10.6 Å². The first-order chi connectivity index (χ1) is 13.9. The third-order valence-electron chi connectivity index (χ3n) is 4.37. The molecule has 0 radical (unpaired) electrons. The average Bonchev–Trinajstić information content (AvgIpc) is 3.30. The molecule has 0 atom stereocenters. The number of benzene rings is 1. The number of nitrogens with two attached hydrogens (primary N) is 1. The molecule has 0 aliphatic heterocycles. The number of nitrogens with zero attached hydrogens (tertiary/aromatic N) is 3. The lowest BCUT2D eigenvalue weighted by molar-refractivity contribution is 0.0598. The van der Waals surface area contributed by atoms with Crippen molar-refractivity contribution in [3.05, 3.63) is 58.8 Å². The number of esters is 1. The van der Waals surface area contributed by atoms with Crippen LogP contribution in [0.15, 0.2) is 40.1 Å². The van der Waals surface area contributed by atoms with Crippen LogP contribution >= 0.6 is 11.8 Å². The Morgan fingerprint density at radius 3 is 2.83 bits per heavy atom. The highest BCUT2D eigenvalue weighted by Gasteiger charge is 2.18. The molecule has 0 aliphatic carbocycles. The van der Waals surface area contributed by atoms with E-state index in [1.54, 1.807) is 6.07 Å². The number of carbonyl (C=O) groups excluding carboxylic acids is 1. The van der Waals surface area contributed by atoms with E-state index in [0.29, 0.717) is 34.0 Å². The zero-order chi connectivity index (χ0) is 21.0. The quantitative estimate of drug-likeness (QED) is 0.337. The summed E-state index contributed by atoms with van der Waals surface area (Å²) in [5.74, 6) is 8.18. The van der Waals surface area contributed by atoms with Crippen LogP contribution in [0.4, 0.5) is 0 Å². The summed E-state index contributed by atoms with van der Waals surface area (Å²) in [5, 5.41) is 8.72. The van der Waals surface area contributed by atoms with Crippen LogP contribution in [0.3, 0.4) is 0 Å². The monoisotopic (exact) mass is 416 g/mol. The molecule has 0 saturated heterocycles. The van der Waals surface area contributed by atoms with Gasteiger partial charge in [-0.15, -0.1) is 10.2 Å². The standard InChI is InChI=1S/C20H24N4O4S/c1-12(2)14-6-5-13(3)9-16(14)28-10-18-22-23-20(24(18)21)29-11-17-15(7-8-27-17)19(25)26-4/h5-9,12H,10-11,21H2,1-4H3. The molecule has 2 aromatic heterocycles. The smallest absolute Gasteiger partial charge is 0.341 e. The number of methoxy groups -OCH3 is 1. The van der Waals surface area contributed by atoms with E-state index in [-0.39, 0.29) is 6.61 Å². The Labute approximate surface area is 173 Å². The van der Waals surface area contributed by atoms with Crippen LogP contribution in [0, 0.1) is 6.92 Å². The number of aromatic nitrogens is 3. The number of thioether (sulfide) groups is 1.